The van der Waals surface area contributed by atoms with Gasteiger partial charge in [0.05, 0.1) is 0 Å². The van der Waals surface area contributed by atoms with Crippen molar-refractivity contribution < 1.29 is 14.4 Å². The molecule has 0 amide bonds. The summed E-state index contributed by atoms with van der Waals surface area (Å²) in [6.07, 6.45) is 16.5. The van der Waals surface area contributed by atoms with Gasteiger partial charge in [-0.15, -0.1) is 0 Å². The quantitative estimate of drug-likeness (QED) is 0.189. The largest absolute Gasteiger partial charge is 0.303 e. The van der Waals surface area contributed by atoms with Gasteiger partial charge in [0.1, 0.15) is 12.6 Å². The van der Waals surface area contributed by atoms with Crippen molar-refractivity contribution in [2.45, 2.75) is 100 Å². The molecule has 0 aromatic carbocycles. The molecule has 0 aromatic heterocycles. The van der Waals surface area contributed by atoms with Crippen LogP contribution in [0.25, 0.3) is 0 Å². The summed E-state index contributed by atoms with van der Waals surface area (Å²) in [6, 6.07) is 0. The molecule has 33 heavy (non-hydrogen) atoms. The highest BCUT2D eigenvalue weighted by Gasteiger charge is 2.19. The van der Waals surface area contributed by atoms with Gasteiger partial charge >= 0.3 is 0 Å². The molecule has 0 aromatic rings. The van der Waals surface area contributed by atoms with E-state index in [1.54, 1.807) is 6.08 Å². The van der Waals surface area contributed by atoms with Crippen LogP contribution in [-0.4, -0.2) is 18.4 Å². The molecular weight excluding hydrogens is 408 g/mol. The van der Waals surface area contributed by atoms with Gasteiger partial charge in [0.2, 0.25) is 0 Å². The molecule has 0 heterocycles. The number of hydrogen-bond acceptors (Lipinski definition) is 3. The Labute approximate surface area is 203 Å². The summed E-state index contributed by atoms with van der Waals surface area (Å²) in [7, 11) is 0. The van der Waals surface area contributed by atoms with E-state index in [1.807, 2.05) is 26.8 Å². The Morgan fingerprint density at radius 3 is 2.09 bits per heavy atom. The fourth-order valence-corrected chi connectivity index (χ4v) is 3.00. The molecule has 0 N–H and O–H groups in total. The number of Topliss-reactive ketones (excluding diaryl/α,β-unsaturated/α-hetero) is 1. The van der Waals surface area contributed by atoms with Gasteiger partial charge in [-0.3, -0.25) is 9.59 Å². The summed E-state index contributed by atoms with van der Waals surface area (Å²) in [5.41, 5.74) is 5.90. The van der Waals surface area contributed by atoms with Crippen molar-refractivity contribution in [2.24, 2.45) is 11.8 Å². The van der Waals surface area contributed by atoms with E-state index < -0.39 is 0 Å². The summed E-state index contributed by atoms with van der Waals surface area (Å²) in [6.45, 7) is 20.2. The smallest absolute Gasteiger partial charge is 0.158 e. The first-order valence-corrected chi connectivity index (χ1v) is 12.1. The average Bonchev–Trinajstić information content (AvgIpc) is 2.71. The third-order valence-corrected chi connectivity index (χ3v) is 5.43. The molecule has 2 unspecified atom stereocenters. The predicted molar refractivity (Wildman–Crippen MR) is 143 cm³/mol. The van der Waals surface area contributed by atoms with Gasteiger partial charge in [-0.25, -0.2) is 0 Å². The average molecular weight is 457 g/mol. The van der Waals surface area contributed by atoms with E-state index in [4.69, 9.17) is 0 Å². The van der Waals surface area contributed by atoms with Crippen LogP contribution in [0, 0.1) is 11.8 Å². The van der Waals surface area contributed by atoms with E-state index >= 15 is 0 Å². The number of hydrogen-bond donors (Lipinski definition) is 0. The highest BCUT2D eigenvalue weighted by Crippen LogP contribution is 2.25. The molecule has 3 heteroatoms. The SMILES string of the molecule is C=C(C)C1CC=C(C)C(=O)C1.CC(C)=CCCC(C)=CC=O.CC(C)=CCCC(C)CC=O. The third kappa shape index (κ3) is 21.3. The molecule has 3 nitrogen and oxygen atoms in total. The van der Waals surface area contributed by atoms with Gasteiger partial charge < -0.3 is 4.79 Å². The van der Waals surface area contributed by atoms with Crippen molar-refractivity contribution in [3.63, 3.8) is 0 Å². The van der Waals surface area contributed by atoms with Crippen LogP contribution in [0.4, 0.5) is 0 Å². The number of allylic oxidation sites excluding steroid dienone is 9. The third-order valence-electron chi connectivity index (χ3n) is 5.43. The second kappa shape index (κ2) is 20.3. The summed E-state index contributed by atoms with van der Waals surface area (Å²) < 4.78 is 0. The van der Waals surface area contributed by atoms with E-state index in [0.717, 1.165) is 61.4 Å². The van der Waals surface area contributed by atoms with Crippen LogP contribution < -0.4 is 0 Å². The van der Waals surface area contributed by atoms with E-state index in [9.17, 15) is 14.4 Å². The fraction of sp³-hybridized carbons (Fsp3) is 0.567. The maximum atomic E-state index is 11.2. The second-order valence-electron chi connectivity index (χ2n) is 9.63. The number of rotatable bonds is 10. The molecule has 1 aliphatic rings. The maximum absolute atomic E-state index is 11.2. The lowest BCUT2D eigenvalue weighted by Crippen LogP contribution is -2.14. The monoisotopic (exact) mass is 456 g/mol. The van der Waals surface area contributed by atoms with Gasteiger partial charge in [-0.05, 0) is 104 Å². The van der Waals surface area contributed by atoms with Crippen LogP contribution in [0.2, 0.25) is 0 Å². The Kier molecular flexibility index (Phi) is 20.3. The van der Waals surface area contributed by atoms with Crippen molar-refractivity contribution >= 4 is 18.4 Å². The lowest BCUT2D eigenvalue weighted by atomic mass is 9.85. The molecule has 0 saturated heterocycles. The summed E-state index contributed by atoms with van der Waals surface area (Å²) in [4.78, 5) is 31.3. The van der Waals surface area contributed by atoms with Crippen LogP contribution in [0.5, 0.6) is 0 Å². The van der Waals surface area contributed by atoms with Crippen molar-refractivity contribution in [3.05, 3.63) is 58.7 Å². The molecule has 0 aliphatic heterocycles. The summed E-state index contributed by atoms with van der Waals surface area (Å²) >= 11 is 0. The normalized spacial score (nSPS) is 16.0. The predicted octanol–water partition coefficient (Wildman–Crippen LogP) is 8.32. The van der Waals surface area contributed by atoms with Crippen LogP contribution in [0.1, 0.15) is 100 Å². The van der Waals surface area contributed by atoms with Crippen LogP contribution >= 0.6 is 0 Å². The number of carbonyl (C=O) groups is 3. The molecular formula is C30H48O3. The lowest BCUT2D eigenvalue weighted by Gasteiger charge is -2.18. The Hall–Kier alpha value is -2.29. The van der Waals surface area contributed by atoms with Gasteiger partial charge in [-0.2, -0.15) is 0 Å². The number of ketones is 1. The molecule has 0 radical (unpaired) electrons. The Morgan fingerprint density at radius 1 is 1.06 bits per heavy atom. The second-order valence-corrected chi connectivity index (χ2v) is 9.63. The molecule has 0 saturated carbocycles. The Bertz CT molecular complexity index is 724. The fourth-order valence-electron chi connectivity index (χ4n) is 3.00. The maximum Gasteiger partial charge on any atom is 0.158 e. The first-order chi connectivity index (χ1) is 15.4. The zero-order chi connectivity index (χ0) is 25.8. The Morgan fingerprint density at radius 2 is 1.64 bits per heavy atom. The van der Waals surface area contributed by atoms with Crippen molar-refractivity contribution in [2.75, 3.05) is 0 Å². The first-order valence-electron chi connectivity index (χ1n) is 12.1. The van der Waals surface area contributed by atoms with Gasteiger partial charge in [0.25, 0.3) is 0 Å². The highest BCUT2D eigenvalue weighted by molar-refractivity contribution is 5.95. The summed E-state index contributed by atoms with van der Waals surface area (Å²) in [5.74, 6) is 1.22. The van der Waals surface area contributed by atoms with E-state index in [2.05, 4.69) is 53.3 Å². The Balaban J connectivity index is 0. The molecule has 0 spiro atoms. The number of aldehydes is 2. The van der Waals surface area contributed by atoms with Gasteiger partial charge in [0.15, 0.2) is 5.78 Å². The molecule has 0 bridgehead atoms. The number of carbonyl (C=O) groups excluding carboxylic acids is 3. The van der Waals surface area contributed by atoms with Crippen LogP contribution in [0.15, 0.2) is 58.7 Å². The minimum absolute atomic E-state index is 0.282. The van der Waals surface area contributed by atoms with E-state index in [0.29, 0.717) is 24.7 Å². The van der Waals surface area contributed by atoms with Crippen molar-refractivity contribution in [1.29, 1.82) is 0 Å². The van der Waals surface area contributed by atoms with Gasteiger partial charge in [0, 0.05) is 12.8 Å². The highest BCUT2D eigenvalue weighted by atomic mass is 16.1. The zero-order valence-electron chi connectivity index (χ0n) is 22.5. The minimum atomic E-state index is 0.282. The lowest BCUT2D eigenvalue weighted by molar-refractivity contribution is -0.116. The van der Waals surface area contributed by atoms with Crippen LogP contribution in [-0.2, 0) is 14.4 Å². The topological polar surface area (TPSA) is 51.2 Å². The standard InChI is InChI=1S/C10H14O.C10H18O.C10H16O/c1-7(2)9-5-4-8(3)10(11)6-9;2*1-9(2)5-4-6-10(3)7-8-11/h4,9H,1,5-6H2,2-3H3;5,8,10H,4,6-7H2,1-3H3;5,7-8H,4,6H2,1-3H3. The molecule has 1 aliphatic carbocycles. The first kappa shape index (κ1) is 32.9. The van der Waals surface area contributed by atoms with E-state index in [-0.39, 0.29) is 5.78 Å². The van der Waals surface area contributed by atoms with Crippen molar-refractivity contribution in [1.82, 2.24) is 0 Å². The molecule has 186 valence electrons. The molecule has 0 fully saturated rings. The van der Waals surface area contributed by atoms with Crippen molar-refractivity contribution in [3.8, 4) is 0 Å². The minimum Gasteiger partial charge on any atom is -0.303 e. The zero-order valence-corrected chi connectivity index (χ0v) is 22.5. The molecule has 1 rings (SSSR count). The van der Waals surface area contributed by atoms with E-state index in [1.165, 1.54) is 11.1 Å². The van der Waals surface area contributed by atoms with Crippen LogP contribution in [0.3, 0.4) is 0 Å². The summed E-state index contributed by atoms with van der Waals surface area (Å²) in [5, 5.41) is 0. The van der Waals surface area contributed by atoms with Gasteiger partial charge in [-0.1, -0.05) is 54.0 Å². The molecule has 2 atom stereocenters.